The van der Waals surface area contributed by atoms with Gasteiger partial charge in [-0.25, -0.2) is 4.39 Å². The molecule has 8 heteroatoms. The molecule has 0 unspecified atom stereocenters. The maximum Gasteiger partial charge on any atom is 0.274 e. The highest BCUT2D eigenvalue weighted by atomic mass is 19.1. The highest BCUT2D eigenvalue weighted by Gasteiger charge is 2.30. The number of aromatic hydroxyl groups is 1. The molecule has 0 saturated carbocycles. The van der Waals surface area contributed by atoms with E-state index in [1.165, 1.54) is 27.8 Å². The van der Waals surface area contributed by atoms with Crippen LogP contribution in [0.15, 0.2) is 65.6 Å². The second kappa shape index (κ2) is 8.43. The average Bonchev–Trinajstić information content (AvgIpc) is 2.78. The smallest absolute Gasteiger partial charge is 0.274 e. The number of fused-ring (bicyclic) bond motifs is 1. The monoisotopic (exact) mass is 421 g/mol. The van der Waals surface area contributed by atoms with E-state index in [-0.39, 0.29) is 30.2 Å². The van der Waals surface area contributed by atoms with Gasteiger partial charge in [-0.2, -0.15) is 0 Å². The molecule has 158 valence electrons. The molecular formula is C23H20FN3O4. The van der Waals surface area contributed by atoms with Gasteiger partial charge in [-0.3, -0.25) is 14.4 Å². The summed E-state index contributed by atoms with van der Waals surface area (Å²) in [4.78, 5) is 39.5. The molecule has 2 N–H and O–H groups in total. The van der Waals surface area contributed by atoms with E-state index in [1.807, 2.05) is 30.3 Å². The predicted molar refractivity (Wildman–Crippen MR) is 111 cm³/mol. The van der Waals surface area contributed by atoms with Crippen molar-refractivity contribution in [2.24, 2.45) is 0 Å². The topological polar surface area (TPSA) is 91.6 Å². The van der Waals surface area contributed by atoms with Crippen LogP contribution in [0.5, 0.6) is 5.75 Å². The number of rotatable bonds is 5. The van der Waals surface area contributed by atoms with Gasteiger partial charge in [0.1, 0.15) is 11.4 Å². The van der Waals surface area contributed by atoms with E-state index in [0.717, 1.165) is 11.1 Å². The van der Waals surface area contributed by atoms with E-state index in [2.05, 4.69) is 5.32 Å². The summed E-state index contributed by atoms with van der Waals surface area (Å²) in [6.07, 6.45) is 1.31. The van der Waals surface area contributed by atoms with Crippen molar-refractivity contribution in [3.63, 3.8) is 0 Å². The summed E-state index contributed by atoms with van der Waals surface area (Å²) in [5.74, 6) is -2.27. The summed E-state index contributed by atoms with van der Waals surface area (Å²) in [6.45, 7) is 1.06. The molecule has 31 heavy (non-hydrogen) atoms. The molecule has 0 atom stereocenters. The number of nitrogens with zero attached hydrogens (tertiary/aromatic N) is 2. The van der Waals surface area contributed by atoms with Crippen molar-refractivity contribution < 1.29 is 19.1 Å². The van der Waals surface area contributed by atoms with E-state index in [4.69, 9.17) is 0 Å². The van der Waals surface area contributed by atoms with Gasteiger partial charge in [-0.15, -0.1) is 0 Å². The fourth-order valence-electron chi connectivity index (χ4n) is 3.53. The van der Waals surface area contributed by atoms with Gasteiger partial charge in [0.2, 0.25) is 5.43 Å². The number of pyridine rings is 1. The number of halogens is 1. The predicted octanol–water partition coefficient (Wildman–Crippen LogP) is 2.28. The maximum absolute atomic E-state index is 13.1. The molecule has 2 heterocycles. The molecular weight excluding hydrogens is 401 g/mol. The van der Waals surface area contributed by atoms with Gasteiger partial charge in [0, 0.05) is 32.4 Å². The van der Waals surface area contributed by atoms with Gasteiger partial charge in [0.05, 0.1) is 0 Å². The lowest BCUT2D eigenvalue weighted by Gasteiger charge is -2.30. The summed E-state index contributed by atoms with van der Waals surface area (Å²) in [5.41, 5.74) is 0.315. The lowest BCUT2D eigenvalue weighted by atomic mass is 10.1. The van der Waals surface area contributed by atoms with Crippen molar-refractivity contribution >= 4 is 11.8 Å². The first-order valence-electron chi connectivity index (χ1n) is 9.76. The zero-order valence-electron chi connectivity index (χ0n) is 16.5. The summed E-state index contributed by atoms with van der Waals surface area (Å²) in [5, 5.41) is 13.1. The Labute approximate surface area is 177 Å². The molecule has 1 aliphatic rings. The molecule has 0 spiro atoms. The first-order chi connectivity index (χ1) is 14.9. The van der Waals surface area contributed by atoms with Crippen LogP contribution >= 0.6 is 0 Å². The Morgan fingerprint density at radius 1 is 1.00 bits per heavy atom. The van der Waals surface area contributed by atoms with Crippen LogP contribution in [-0.4, -0.2) is 32.9 Å². The fourth-order valence-corrected chi connectivity index (χ4v) is 3.53. The Bertz CT molecular complexity index is 1190. The lowest BCUT2D eigenvalue weighted by Crippen LogP contribution is -2.42. The summed E-state index contributed by atoms with van der Waals surface area (Å²) >= 11 is 0. The largest absolute Gasteiger partial charge is 0.503 e. The molecule has 1 aromatic heterocycles. The zero-order chi connectivity index (χ0) is 22.0. The van der Waals surface area contributed by atoms with Crippen LogP contribution in [0, 0.1) is 5.82 Å². The van der Waals surface area contributed by atoms with Crippen LogP contribution in [0.2, 0.25) is 0 Å². The Morgan fingerprint density at radius 3 is 2.42 bits per heavy atom. The Kier molecular flexibility index (Phi) is 5.53. The molecule has 7 nitrogen and oxygen atoms in total. The number of hydrogen-bond acceptors (Lipinski definition) is 4. The SMILES string of the molecule is O=C(NCc1ccccc1)c1cn2c(c(O)c1=O)C(=O)N(Cc1ccc(F)cc1)CC2. The molecule has 2 aromatic carbocycles. The molecule has 1 aliphatic heterocycles. The standard InChI is InChI=1S/C23H20FN3O4/c24-17-8-6-16(7-9-17)13-27-11-10-26-14-18(20(28)21(29)19(26)23(27)31)22(30)25-12-15-4-2-1-3-5-15/h1-9,14,29H,10-13H2,(H,25,30). The number of aromatic nitrogens is 1. The van der Waals surface area contributed by atoms with Crippen LogP contribution in [0.1, 0.15) is 32.0 Å². The number of nitrogens with one attached hydrogen (secondary N) is 1. The molecule has 0 bridgehead atoms. The van der Waals surface area contributed by atoms with E-state index < -0.39 is 23.0 Å². The summed E-state index contributed by atoms with van der Waals surface area (Å²) in [7, 11) is 0. The average molecular weight is 421 g/mol. The third-order valence-corrected chi connectivity index (χ3v) is 5.18. The first kappa shape index (κ1) is 20.3. The maximum atomic E-state index is 13.1. The van der Waals surface area contributed by atoms with Crippen molar-refractivity contribution in [2.75, 3.05) is 6.54 Å². The van der Waals surface area contributed by atoms with E-state index in [9.17, 15) is 23.9 Å². The van der Waals surface area contributed by atoms with Crippen molar-refractivity contribution in [2.45, 2.75) is 19.6 Å². The minimum Gasteiger partial charge on any atom is -0.503 e. The van der Waals surface area contributed by atoms with Crippen molar-refractivity contribution in [1.82, 2.24) is 14.8 Å². The Morgan fingerprint density at radius 2 is 1.71 bits per heavy atom. The van der Waals surface area contributed by atoms with Gasteiger partial charge in [0.15, 0.2) is 11.4 Å². The van der Waals surface area contributed by atoms with Gasteiger partial charge in [-0.1, -0.05) is 42.5 Å². The van der Waals surface area contributed by atoms with Gasteiger partial charge < -0.3 is 19.9 Å². The highest BCUT2D eigenvalue weighted by molar-refractivity contribution is 5.99. The molecule has 0 saturated heterocycles. The quantitative estimate of drug-likeness (QED) is 0.661. The van der Waals surface area contributed by atoms with Crippen molar-refractivity contribution in [1.29, 1.82) is 0 Å². The molecule has 2 amide bonds. The van der Waals surface area contributed by atoms with Crippen LogP contribution in [-0.2, 0) is 19.6 Å². The summed E-state index contributed by atoms with van der Waals surface area (Å²) < 4.78 is 14.5. The van der Waals surface area contributed by atoms with Gasteiger partial charge in [0.25, 0.3) is 11.8 Å². The number of hydrogen-bond donors (Lipinski definition) is 2. The van der Waals surface area contributed by atoms with E-state index in [1.54, 1.807) is 12.1 Å². The Hall–Kier alpha value is -3.94. The van der Waals surface area contributed by atoms with Crippen LogP contribution in [0.25, 0.3) is 0 Å². The number of amides is 2. The minimum absolute atomic E-state index is 0.155. The first-order valence-corrected chi connectivity index (χ1v) is 9.76. The third-order valence-electron chi connectivity index (χ3n) is 5.18. The molecule has 0 radical (unpaired) electrons. The number of benzene rings is 2. The molecule has 4 rings (SSSR count). The highest BCUT2D eigenvalue weighted by Crippen LogP contribution is 2.22. The van der Waals surface area contributed by atoms with Crippen LogP contribution in [0.4, 0.5) is 4.39 Å². The number of carbonyl (C=O) groups is 2. The van der Waals surface area contributed by atoms with Crippen molar-refractivity contribution in [3.05, 3.63) is 99.2 Å². The number of carbonyl (C=O) groups excluding carboxylic acids is 2. The second-order valence-electron chi connectivity index (χ2n) is 7.28. The zero-order valence-corrected chi connectivity index (χ0v) is 16.5. The van der Waals surface area contributed by atoms with Crippen LogP contribution in [0.3, 0.4) is 0 Å². The van der Waals surface area contributed by atoms with E-state index >= 15 is 0 Å². The Balaban J connectivity index is 1.55. The normalized spacial score (nSPS) is 13.1. The third kappa shape index (κ3) is 4.18. The minimum atomic E-state index is -0.895. The fraction of sp³-hybridized carbons (Fsp3) is 0.174. The summed E-state index contributed by atoms with van der Waals surface area (Å²) in [6, 6.07) is 15.0. The molecule has 3 aromatic rings. The molecule has 0 fully saturated rings. The van der Waals surface area contributed by atoms with E-state index in [0.29, 0.717) is 13.1 Å². The lowest BCUT2D eigenvalue weighted by molar-refractivity contribution is 0.0681. The van der Waals surface area contributed by atoms with Gasteiger partial charge in [-0.05, 0) is 23.3 Å². The van der Waals surface area contributed by atoms with Crippen LogP contribution < -0.4 is 10.7 Å². The second-order valence-corrected chi connectivity index (χ2v) is 7.28. The van der Waals surface area contributed by atoms with Gasteiger partial charge >= 0.3 is 0 Å². The van der Waals surface area contributed by atoms with Crippen molar-refractivity contribution in [3.8, 4) is 5.75 Å². The molecule has 0 aliphatic carbocycles.